The smallest absolute Gasteiger partial charge is 0.334 e. The number of alkyl halides is 1. The first-order valence-electron chi connectivity index (χ1n) is 12.9. The van der Waals surface area contributed by atoms with E-state index in [0.29, 0.717) is 17.5 Å². The number of benzene rings is 3. The molecule has 0 radical (unpaired) electrons. The van der Waals surface area contributed by atoms with Gasteiger partial charge < -0.3 is 15.1 Å². The van der Waals surface area contributed by atoms with Crippen molar-refractivity contribution < 1.29 is 27.6 Å². The van der Waals surface area contributed by atoms with Crippen molar-refractivity contribution in [1.29, 1.82) is 0 Å². The molecule has 2 aliphatic rings. The number of hydrogen-bond acceptors (Lipinski definition) is 4. The van der Waals surface area contributed by atoms with Crippen molar-refractivity contribution in [3.63, 3.8) is 0 Å². The van der Waals surface area contributed by atoms with Crippen LogP contribution in [0.15, 0.2) is 78.9 Å². The number of nitrogens with zero attached hydrogens (tertiary/aromatic N) is 4. The first kappa shape index (κ1) is 27.2. The first-order valence-corrected chi connectivity index (χ1v) is 12.9. The number of amides is 4. The third-order valence-electron chi connectivity index (χ3n) is 7.12. The lowest BCUT2D eigenvalue weighted by molar-refractivity contribution is -0.195. The molecule has 2 saturated heterocycles. The molecule has 40 heavy (non-hydrogen) atoms. The van der Waals surface area contributed by atoms with Gasteiger partial charge in [0.2, 0.25) is 11.8 Å². The molecule has 0 spiro atoms. The second kappa shape index (κ2) is 11.8. The highest BCUT2D eigenvalue weighted by atomic mass is 19.1. The second-order valence-corrected chi connectivity index (χ2v) is 9.67. The van der Waals surface area contributed by atoms with Gasteiger partial charge in [-0.05, 0) is 47.4 Å². The molecule has 0 unspecified atom stereocenters. The standard InChI is InChI=1S/C29H28F3N5O3/c30-19-35-18-26(38)36-25(37(35)29(40)33-16-21-8-12-24(32)13-9-21)17-34(15-14-20-6-10-23(31)11-7-20)28(39)27(36)22-4-2-1-3-5-22/h1-13,25,27H,14-19H2,(H,33,40)/t25-,27-/m0/s1. The van der Waals surface area contributed by atoms with Gasteiger partial charge in [-0.2, -0.15) is 5.01 Å². The van der Waals surface area contributed by atoms with E-state index in [1.54, 1.807) is 47.4 Å². The molecule has 208 valence electrons. The van der Waals surface area contributed by atoms with Crippen molar-refractivity contribution >= 4 is 17.8 Å². The van der Waals surface area contributed by atoms with Crippen molar-refractivity contribution in [3.05, 3.63) is 107 Å². The number of fused-ring (bicyclic) bond motifs is 1. The molecule has 0 saturated carbocycles. The van der Waals surface area contributed by atoms with Gasteiger partial charge in [0.1, 0.15) is 30.4 Å². The summed E-state index contributed by atoms with van der Waals surface area (Å²) >= 11 is 0. The maximum atomic E-state index is 14.2. The van der Waals surface area contributed by atoms with Gasteiger partial charge in [0.25, 0.3) is 0 Å². The van der Waals surface area contributed by atoms with Gasteiger partial charge in [0, 0.05) is 13.1 Å². The van der Waals surface area contributed by atoms with Crippen LogP contribution in [0, 0.1) is 11.6 Å². The van der Waals surface area contributed by atoms with Crippen LogP contribution in [0.3, 0.4) is 0 Å². The fourth-order valence-electron chi connectivity index (χ4n) is 5.13. The molecule has 0 aromatic heterocycles. The monoisotopic (exact) mass is 551 g/mol. The molecule has 2 aliphatic heterocycles. The predicted molar refractivity (Wildman–Crippen MR) is 140 cm³/mol. The SMILES string of the molecule is O=C1[C@H](c2ccccc2)N2C(=O)CN(CF)N(C(=O)NCc3ccc(F)cc3)[C@H]2CN1CCc1ccc(F)cc1. The molecule has 0 aliphatic carbocycles. The van der Waals surface area contributed by atoms with Crippen LogP contribution < -0.4 is 5.32 Å². The highest BCUT2D eigenvalue weighted by Crippen LogP contribution is 2.35. The molecular formula is C29H28F3N5O3. The molecule has 5 rings (SSSR count). The lowest BCUT2D eigenvalue weighted by Crippen LogP contribution is -2.74. The molecule has 1 N–H and O–H groups in total. The number of carbonyl (C=O) groups is 3. The van der Waals surface area contributed by atoms with E-state index in [4.69, 9.17) is 0 Å². The third kappa shape index (κ3) is 5.64. The maximum Gasteiger partial charge on any atom is 0.334 e. The minimum Gasteiger partial charge on any atom is -0.336 e. The summed E-state index contributed by atoms with van der Waals surface area (Å²) in [6.07, 6.45) is -0.570. The molecule has 2 heterocycles. The van der Waals surface area contributed by atoms with Crippen molar-refractivity contribution in [1.82, 2.24) is 25.1 Å². The summed E-state index contributed by atoms with van der Waals surface area (Å²) in [5, 5.41) is 4.89. The summed E-state index contributed by atoms with van der Waals surface area (Å²) in [6.45, 7) is -1.28. The summed E-state index contributed by atoms with van der Waals surface area (Å²) < 4.78 is 40.9. The van der Waals surface area contributed by atoms with Gasteiger partial charge in [-0.1, -0.05) is 54.6 Å². The van der Waals surface area contributed by atoms with E-state index >= 15 is 0 Å². The Bertz CT molecular complexity index is 1360. The van der Waals surface area contributed by atoms with Gasteiger partial charge >= 0.3 is 6.03 Å². The highest BCUT2D eigenvalue weighted by Gasteiger charge is 2.51. The Morgan fingerprint density at radius 1 is 0.875 bits per heavy atom. The van der Waals surface area contributed by atoms with Gasteiger partial charge in [-0.15, -0.1) is 0 Å². The van der Waals surface area contributed by atoms with Crippen LogP contribution in [-0.2, 0) is 22.6 Å². The normalized spacial score (nSPS) is 19.5. The van der Waals surface area contributed by atoms with Gasteiger partial charge in [-0.3, -0.25) is 9.59 Å². The van der Waals surface area contributed by atoms with Gasteiger partial charge in [0.05, 0.1) is 6.54 Å². The molecule has 2 fully saturated rings. The van der Waals surface area contributed by atoms with E-state index in [2.05, 4.69) is 5.32 Å². The summed E-state index contributed by atoms with van der Waals surface area (Å²) in [4.78, 5) is 43.5. The van der Waals surface area contributed by atoms with E-state index in [1.165, 1.54) is 41.3 Å². The molecule has 3 aromatic carbocycles. The number of rotatable bonds is 7. The summed E-state index contributed by atoms with van der Waals surface area (Å²) in [6, 6.07) is 18.6. The van der Waals surface area contributed by atoms with Gasteiger partial charge in [0.15, 0.2) is 6.80 Å². The average Bonchev–Trinajstić information content (AvgIpc) is 2.97. The van der Waals surface area contributed by atoms with E-state index in [9.17, 15) is 27.6 Å². The fourth-order valence-corrected chi connectivity index (χ4v) is 5.13. The van der Waals surface area contributed by atoms with Gasteiger partial charge in [-0.25, -0.2) is 23.0 Å². The second-order valence-electron chi connectivity index (χ2n) is 9.67. The third-order valence-corrected chi connectivity index (χ3v) is 7.12. The zero-order chi connectivity index (χ0) is 28.2. The molecule has 0 bridgehead atoms. The Morgan fingerprint density at radius 3 is 2.12 bits per heavy atom. The highest BCUT2D eigenvalue weighted by molar-refractivity contribution is 5.92. The Kier molecular flexibility index (Phi) is 8.01. The average molecular weight is 552 g/mol. The number of nitrogens with one attached hydrogen (secondary N) is 1. The minimum atomic E-state index is -1.10. The fraction of sp³-hybridized carbons (Fsp3) is 0.276. The lowest BCUT2D eigenvalue weighted by atomic mass is 9.98. The molecule has 8 nitrogen and oxygen atoms in total. The van der Waals surface area contributed by atoms with Crippen LogP contribution in [-0.4, -0.2) is 70.3 Å². The number of urea groups is 1. The molecule has 2 atom stereocenters. The Labute approximate surface area is 229 Å². The maximum absolute atomic E-state index is 14.2. The zero-order valence-corrected chi connectivity index (χ0v) is 21.6. The summed E-state index contributed by atoms with van der Waals surface area (Å²) in [5.74, 6) is -1.58. The summed E-state index contributed by atoms with van der Waals surface area (Å²) in [7, 11) is 0. The van der Waals surface area contributed by atoms with E-state index < -0.39 is 43.3 Å². The van der Waals surface area contributed by atoms with E-state index in [1.807, 2.05) is 0 Å². The van der Waals surface area contributed by atoms with Crippen molar-refractivity contribution in [2.75, 3.05) is 26.4 Å². The predicted octanol–water partition coefficient (Wildman–Crippen LogP) is 3.61. The zero-order valence-electron chi connectivity index (χ0n) is 21.6. The number of hydrazine groups is 1. The van der Waals surface area contributed by atoms with E-state index in [-0.39, 0.29) is 31.4 Å². The van der Waals surface area contributed by atoms with Crippen LogP contribution in [0.5, 0.6) is 0 Å². The van der Waals surface area contributed by atoms with Crippen molar-refractivity contribution in [2.45, 2.75) is 25.2 Å². The number of halogens is 3. The number of carbonyl (C=O) groups excluding carboxylic acids is 3. The van der Waals surface area contributed by atoms with Crippen LogP contribution in [0.4, 0.5) is 18.0 Å². The Hall–Kier alpha value is -4.38. The van der Waals surface area contributed by atoms with Crippen LogP contribution in [0.25, 0.3) is 0 Å². The molecular weight excluding hydrogens is 523 g/mol. The van der Waals surface area contributed by atoms with Crippen LogP contribution >= 0.6 is 0 Å². The van der Waals surface area contributed by atoms with Crippen molar-refractivity contribution in [3.8, 4) is 0 Å². The quantitative estimate of drug-likeness (QED) is 0.456. The number of hydrogen-bond donors (Lipinski definition) is 1. The Balaban J connectivity index is 1.44. The molecule has 4 amide bonds. The molecule has 3 aromatic rings. The first-order chi connectivity index (χ1) is 19.4. The Morgan fingerprint density at radius 2 is 1.50 bits per heavy atom. The number of piperazine rings is 1. The molecule has 11 heteroatoms. The van der Waals surface area contributed by atoms with Crippen molar-refractivity contribution in [2.24, 2.45) is 0 Å². The van der Waals surface area contributed by atoms with Crippen LogP contribution in [0.1, 0.15) is 22.7 Å². The largest absolute Gasteiger partial charge is 0.336 e. The van der Waals surface area contributed by atoms with Crippen LogP contribution in [0.2, 0.25) is 0 Å². The minimum absolute atomic E-state index is 0.0461. The lowest BCUT2D eigenvalue weighted by Gasteiger charge is -2.54. The topological polar surface area (TPSA) is 76.2 Å². The van der Waals surface area contributed by atoms with E-state index in [0.717, 1.165) is 15.6 Å². The summed E-state index contributed by atoms with van der Waals surface area (Å²) in [5.41, 5.74) is 2.01.